The Kier molecular flexibility index (Phi) is 2.80. The molecule has 0 spiro atoms. The number of nitrogens with one attached hydrogen (secondary N) is 1. The van der Waals surface area contributed by atoms with Crippen molar-refractivity contribution >= 4 is 17.2 Å². The Labute approximate surface area is 94.1 Å². The van der Waals surface area contributed by atoms with Crippen LogP contribution >= 0.6 is 11.3 Å². The molecule has 0 bridgehead atoms. The second kappa shape index (κ2) is 3.94. The van der Waals surface area contributed by atoms with E-state index in [1.54, 1.807) is 11.3 Å². The number of likely N-dealkylation sites (N-methyl/N-ethyl adjacent to an activating group) is 1. The molecule has 0 radical (unpaired) electrons. The van der Waals surface area contributed by atoms with Gasteiger partial charge in [0.05, 0.1) is 10.9 Å². The molecule has 1 aliphatic rings. The molecular formula is C11H16N2OS. The van der Waals surface area contributed by atoms with Gasteiger partial charge in [-0.3, -0.25) is 4.79 Å². The molecule has 1 N–H and O–H groups in total. The Bertz CT molecular complexity index is 362. The monoisotopic (exact) mass is 224 g/mol. The molecule has 0 aromatic carbocycles. The van der Waals surface area contributed by atoms with Gasteiger partial charge in [-0.25, -0.2) is 0 Å². The molecule has 0 atom stereocenters. The Morgan fingerprint density at radius 1 is 1.53 bits per heavy atom. The predicted octanol–water partition coefficient (Wildman–Crippen LogP) is 1.41. The van der Waals surface area contributed by atoms with Gasteiger partial charge in [-0.05, 0) is 25.5 Å². The number of rotatable bonds is 2. The normalized spacial score (nSPS) is 16.2. The molecule has 4 heteroatoms. The first-order valence-electron chi connectivity index (χ1n) is 5.14. The zero-order chi connectivity index (χ0) is 11.0. The van der Waals surface area contributed by atoms with Crippen molar-refractivity contribution in [3.8, 4) is 0 Å². The SMILES string of the molecule is Cc1cc(C(=O)N(C)C2CNC2)sc1C. The number of hydrogen-bond donors (Lipinski definition) is 1. The first-order valence-corrected chi connectivity index (χ1v) is 5.96. The Balaban J connectivity index is 2.12. The van der Waals surface area contributed by atoms with Gasteiger partial charge in [0.25, 0.3) is 5.91 Å². The van der Waals surface area contributed by atoms with Crippen molar-refractivity contribution in [1.82, 2.24) is 10.2 Å². The van der Waals surface area contributed by atoms with Gasteiger partial charge < -0.3 is 10.2 Å². The Morgan fingerprint density at radius 2 is 2.20 bits per heavy atom. The topological polar surface area (TPSA) is 32.3 Å². The largest absolute Gasteiger partial charge is 0.335 e. The minimum Gasteiger partial charge on any atom is -0.335 e. The fourth-order valence-corrected chi connectivity index (χ4v) is 2.58. The molecule has 0 aliphatic carbocycles. The van der Waals surface area contributed by atoms with E-state index in [4.69, 9.17) is 0 Å². The molecule has 3 nitrogen and oxygen atoms in total. The predicted molar refractivity (Wildman–Crippen MR) is 62.5 cm³/mol. The summed E-state index contributed by atoms with van der Waals surface area (Å²) in [6, 6.07) is 2.37. The van der Waals surface area contributed by atoms with Crippen LogP contribution < -0.4 is 5.32 Å². The van der Waals surface area contributed by atoms with E-state index in [-0.39, 0.29) is 5.91 Å². The van der Waals surface area contributed by atoms with Crippen LogP contribution in [-0.2, 0) is 0 Å². The number of aryl methyl sites for hydroxylation is 2. The highest BCUT2D eigenvalue weighted by molar-refractivity contribution is 7.14. The maximum absolute atomic E-state index is 12.1. The van der Waals surface area contributed by atoms with Crippen LogP contribution in [0.1, 0.15) is 20.1 Å². The molecule has 1 aromatic rings. The fraction of sp³-hybridized carbons (Fsp3) is 0.545. The van der Waals surface area contributed by atoms with Crippen LogP contribution in [0.15, 0.2) is 6.07 Å². The number of carbonyl (C=O) groups is 1. The Morgan fingerprint density at radius 3 is 2.60 bits per heavy atom. The molecule has 0 saturated carbocycles. The molecule has 1 saturated heterocycles. The van der Waals surface area contributed by atoms with E-state index in [0.29, 0.717) is 6.04 Å². The first kappa shape index (κ1) is 10.6. The van der Waals surface area contributed by atoms with Crippen LogP contribution in [0, 0.1) is 13.8 Å². The van der Waals surface area contributed by atoms with Gasteiger partial charge >= 0.3 is 0 Å². The molecule has 2 rings (SSSR count). The summed E-state index contributed by atoms with van der Waals surface area (Å²) in [6.45, 7) is 5.95. The van der Waals surface area contributed by atoms with Crippen molar-refractivity contribution in [1.29, 1.82) is 0 Å². The molecule has 1 fully saturated rings. The van der Waals surface area contributed by atoms with E-state index < -0.39 is 0 Å². The lowest BCUT2D eigenvalue weighted by atomic mass is 10.1. The molecule has 2 heterocycles. The average molecular weight is 224 g/mol. The summed E-state index contributed by atoms with van der Waals surface area (Å²) < 4.78 is 0. The van der Waals surface area contributed by atoms with Crippen LogP contribution in [0.25, 0.3) is 0 Å². The molecule has 82 valence electrons. The van der Waals surface area contributed by atoms with E-state index in [1.165, 1.54) is 10.4 Å². The summed E-state index contributed by atoms with van der Waals surface area (Å²) in [4.78, 5) is 16.0. The Hall–Kier alpha value is -0.870. The van der Waals surface area contributed by atoms with Crippen LogP contribution in [0.4, 0.5) is 0 Å². The van der Waals surface area contributed by atoms with E-state index in [2.05, 4.69) is 12.2 Å². The number of amides is 1. The summed E-state index contributed by atoms with van der Waals surface area (Å²) in [6.07, 6.45) is 0. The van der Waals surface area contributed by atoms with Gasteiger partial charge in [-0.2, -0.15) is 0 Å². The number of thiophene rings is 1. The highest BCUT2D eigenvalue weighted by atomic mass is 32.1. The lowest BCUT2D eigenvalue weighted by molar-refractivity contribution is 0.0686. The maximum Gasteiger partial charge on any atom is 0.264 e. The third-order valence-electron chi connectivity index (χ3n) is 3.00. The van der Waals surface area contributed by atoms with Gasteiger partial charge in [0.15, 0.2) is 0 Å². The van der Waals surface area contributed by atoms with Gasteiger partial charge in [0.1, 0.15) is 0 Å². The van der Waals surface area contributed by atoms with E-state index >= 15 is 0 Å². The number of carbonyl (C=O) groups excluding carboxylic acids is 1. The summed E-state index contributed by atoms with van der Waals surface area (Å²) in [7, 11) is 1.89. The molecule has 1 amide bonds. The van der Waals surface area contributed by atoms with Crippen LogP contribution in [-0.4, -0.2) is 37.0 Å². The third kappa shape index (κ3) is 1.92. The van der Waals surface area contributed by atoms with Crippen molar-refractivity contribution in [2.45, 2.75) is 19.9 Å². The summed E-state index contributed by atoms with van der Waals surface area (Å²) >= 11 is 1.59. The van der Waals surface area contributed by atoms with Crippen LogP contribution in [0.3, 0.4) is 0 Å². The lowest BCUT2D eigenvalue weighted by Crippen LogP contribution is -2.57. The molecule has 0 unspecified atom stereocenters. The molecule has 15 heavy (non-hydrogen) atoms. The second-order valence-corrected chi connectivity index (χ2v) is 5.33. The standard InChI is InChI=1S/C11H16N2OS/c1-7-4-10(15-8(7)2)11(14)13(3)9-5-12-6-9/h4,9,12H,5-6H2,1-3H3. The minimum absolute atomic E-state index is 0.155. The van der Waals surface area contributed by atoms with Crippen molar-refractivity contribution in [3.63, 3.8) is 0 Å². The van der Waals surface area contributed by atoms with Gasteiger partial charge in [0.2, 0.25) is 0 Å². The molecular weight excluding hydrogens is 208 g/mol. The highest BCUT2D eigenvalue weighted by Gasteiger charge is 2.26. The zero-order valence-electron chi connectivity index (χ0n) is 9.33. The quantitative estimate of drug-likeness (QED) is 0.823. The van der Waals surface area contributed by atoms with Gasteiger partial charge in [0, 0.05) is 25.0 Å². The van der Waals surface area contributed by atoms with E-state index in [9.17, 15) is 4.79 Å². The smallest absolute Gasteiger partial charge is 0.264 e. The van der Waals surface area contributed by atoms with Crippen molar-refractivity contribution in [2.75, 3.05) is 20.1 Å². The molecule has 1 aliphatic heterocycles. The number of nitrogens with zero attached hydrogens (tertiary/aromatic N) is 1. The highest BCUT2D eigenvalue weighted by Crippen LogP contribution is 2.22. The van der Waals surface area contributed by atoms with E-state index in [0.717, 1.165) is 18.0 Å². The minimum atomic E-state index is 0.155. The van der Waals surface area contributed by atoms with Crippen LogP contribution in [0.5, 0.6) is 0 Å². The fourth-order valence-electron chi connectivity index (χ4n) is 1.57. The van der Waals surface area contributed by atoms with Crippen molar-refractivity contribution in [2.24, 2.45) is 0 Å². The first-order chi connectivity index (χ1) is 7.09. The summed E-state index contributed by atoms with van der Waals surface area (Å²) in [5.41, 5.74) is 1.21. The third-order valence-corrected chi connectivity index (χ3v) is 4.15. The summed E-state index contributed by atoms with van der Waals surface area (Å²) in [5.74, 6) is 0.155. The average Bonchev–Trinajstić information content (AvgIpc) is 2.43. The number of hydrogen-bond acceptors (Lipinski definition) is 3. The second-order valence-electron chi connectivity index (χ2n) is 4.08. The lowest BCUT2D eigenvalue weighted by Gasteiger charge is -2.35. The van der Waals surface area contributed by atoms with E-state index in [1.807, 2.05) is 24.9 Å². The van der Waals surface area contributed by atoms with Gasteiger partial charge in [-0.1, -0.05) is 0 Å². The van der Waals surface area contributed by atoms with Crippen LogP contribution in [0.2, 0.25) is 0 Å². The molecule has 1 aromatic heterocycles. The zero-order valence-corrected chi connectivity index (χ0v) is 10.1. The maximum atomic E-state index is 12.1. The summed E-state index contributed by atoms with van der Waals surface area (Å²) in [5, 5.41) is 3.17. The van der Waals surface area contributed by atoms with Crippen molar-refractivity contribution < 1.29 is 4.79 Å². The van der Waals surface area contributed by atoms with Crippen molar-refractivity contribution in [3.05, 3.63) is 21.4 Å². The van der Waals surface area contributed by atoms with Gasteiger partial charge in [-0.15, -0.1) is 11.3 Å².